The van der Waals surface area contributed by atoms with Gasteiger partial charge in [-0.15, -0.1) is 0 Å². The maximum atomic E-state index is 12.7. The van der Waals surface area contributed by atoms with Crippen LogP contribution in [0.25, 0.3) is 0 Å². The van der Waals surface area contributed by atoms with Crippen molar-refractivity contribution >= 4 is 17.9 Å². The van der Waals surface area contributed by atoms with Gasteiger partial charge in [0.1, 0.15) is 13.2 Å². The van der Waals surface area contributed by atoms with E-state index in [0.717, 1.165) is 70.6 Å². The fourth-order valence-electron chi connectivity index (χ4n) is 6.18. The highest BCUT2D eigenvalue weighted by Gasteiger charge is 2.19. The summed E-state index contributed by atoms with van der Waals surface area (Å²) in [7, 11) is 0. The number of unbranched alkanes of at least 4 members (excludes halogenated alkanes) is 21. The smallest absolute Gasteiger partial charge is 0.306 e. The van der Waals surface area contributed by atoms with E-state index in [2.05, 4.69) is 63.3 Å². The van der Waals surface area contributed by atoms with Gasteiger partial charge in [-0.2, -0.15) is 0 Å². The van der Waals surface area contributed by atoms with Crippen LogP contribution in [0.1, 0.15) is 220 Å². The fraction of sp³-hybridized carbons (Fsp3) is 0.771. The Kier molecular flexibility index (Phi) is 41.0. The number of ether oxygens (including phenoxy) is 3. The molecule has 0 heterocycles. The van der Waals surface area contributed by atoms with Gasteiger partial charge in [-0.3, -0.25) is 14.4 Å². The molecular weight excluding hydrogens is 673 g/mol. The minimum atomic E-state index is -0.801. The predicted octanol–water partition coefficient (Wildman–Crippen LogP) is 14.4. The number of hydrogen-bond acceptors (Lipinski definition) is 6. The van der Waals surface area contributed by atoms with Crippen molar-refractivity contribution in [3.63, 3.8) is 0 Å². The molecule has 0 aliphatic rings. The van der Waals surface area contributed by atoms with Gasteiger partial charge in [0.2, 0.25) is 0 Å². The lowest BCUT2D eigenvalue weighted by Crippen LogP contribution is -2.30. The first-order valence-corrected chi connectivity index (χ1v) is 22.6. The maximum absolute atomic E-state index is 12.7. The standard InChI is InChI=1S/C48H84O6/c1-4-7-10-13-16-19-21-23-25-26-29-32-35-38-41-47(50)53-44-45(43-52-46(49)40-37-34-31-28-18-15-12-9-6-3)54-48(51)42-39-36-33-30-27-24-22-20-17-14-11-8-5-2/h7,10,16,19,24,27,33,36,45H,4-6,8-9,11-15,17-18,20-23,25-26,28-32,34-35,37-44H2,1-3H3/b10-7-,19-16-,27-24-,36-33-. The number of allylic oxidation sites excluding steroid dienone is 8. The molecule has 0 spiro atoms. The normalized spacial score (nSPS) is 12.4. The van der Waals surface area contributed by atoms with Crippen molar-refractivity contribution in [3.05, 3.63) is 48.6 Å². The summed E-state index contributed by atoms with van der Waals surface area (Å²) >= 11 is 0. The Morgan fingerprint density at radius 1 is 0.389 bits per heavy atom. The zero-order chi connectivity index (χ0) is 39.4. The number of carbonyl (C=O) groups is 3. The molecule has 0 bridgehead atoms. The van der Waals surface area contributed by atoms with E-state index >= 15 is 0 Å². The van der Waals surface area contributed by atoms with Crippen LogP contribution in [-0.2, 0) is 28.6 Å². The van der Waals surface area contributed by atoms with Crippen LogP contribution in [0.5, 0.6) is 0 Å². The zero-order valence-corrected chi connectivity index (χ0v) is 35.5. The SMILES string of the molecule is CC/C=C\C/C=C\CCCCCCCCCC(=O)OCC(COC(=O)CCCCCCCCCCC)OC(=O)CC/C=C\C/C=C\CCCCCCCC. The molecule has 0 N–H and O–H groups in total. The van der Waals surface area contributed by atoms with Gasteiger partial charge in [-0.05, 0) is 64.2 Å². The van der Waals surface area contributed by atoms with Crippen molar-refractivity contribution in [1.29, 1.82) is 0 Å². The molecule has 1 atom stereocenters. The van der Waals surface area contributed by atoms with Crippen LogP contribution < -0.4 is 0 Å². The maximum Gasteiger partial charge on any atom is 0.306 e. The first-order valence-electron chi connectivity index (χ1n) is 22.6. The number of hydrogen-bond donors (Lipinski definition) is 0. The topological polar surface area (TPSA) is 78.9 Å². The highest BCUT2D eigenvalue weighted by Crippen LogP contribution is 2.13. The molecule has 0 rings (SSSR count). The quantitative estimate of drug-likeness (QED) is 0.0268. The number of rotatable bonds is 40. The molecule has 0 aliphatic carbocycles. The van der Waals surface area contributed by atoms with Crippen molar-refractivity contribution in [1.82, 2.24) is 0 Å². The third kappa shape index (κ3) is 40.6. The van der Waals surface area contributed by atoms with Gasteiger partial charge < -0.3 is 14.2 Å². The molecule has 0 saturated heterocycles. The van der Waals surface area contributed by atoms with Crippen molar-refractivity contribution in [2.45, 2.75) is 226 Å². The molecule has 0 aliphatic heterocycles. The lowest BCUT2D eigenvalue weighted by atomic mass is 10.1. The van der Waals surface area contributed by atoms with E-state index in [1.165, 1.54) is 103 Å². The summed E-state index contributed by atoms with van der Waals surface area (Å²) in [6.45, 7) is 6.43. The van der Waals surface area contributed by atoms with Gasteiger partial charge >= 0.3 is 17.9 Å². The Morgan fingerprint density at radius 3 is 1.19 bits per heavy atom. The lowest BCUT2D eigenvalue weighted by molar-refractivity contribution is -0.166. The molecule has 0 fully saturated rings. The van der Waals surface area contributed by atoms with Crippen molar-refractivity contribution in [3.8, 4) is 0 Å². The Balaban J connectivity index is 4.43. The summed E-state index contributed by atoms with van der Waals surface area (Å²) in [5.74, 6) is -0.978. The van der Waals surface area contributed by atoms with Gasteiger partial charge in [0, 0.05) is 19.3 Å². The monoisotopic (exact) mass is 757 g/mol. The average Bonchev–Trinajstić information content (AvgIpc) is 3.17. The second-order valence-electron chi connectivity index (χ2n) is 14.9. The van der Waals surface area contributed by atoms with Crippen LogP contribution in [0.2, 0.25) is 0 Å². The molecule has 0 aromatic carbocycles. The van der Waals surface area contributed by atoms with Crippen molar-refractivity contribution < 1.29 is 28.6 Å². The Hall–Kier alpha value is -2.63. The van der Waals surface area contributed by atoms with Crippen LogP contribution in [0.4, 0.5) is 0 Å². The van der Waals surface area contributed by atoms with E-state index in [0.29, 0.717) is 19.3 Å². The molecule has 0 radical (unpaired) electrons. The van der Waals surface area contributed by atoms with Crippen molar-refractivity contribution in [2.75, 3.05) is 13.2 Å². The van der Waals surface area contributed by atoms with Gasteiger partial charge in [0.05, 0.1) is 0 Å². The lowest BCUT2D eigenvalue weighted by Gasteiger charge is -2.18. The van der Waals surface area contributed by atoms with E-state index in [9.17, 15) is 14.4 Å². The Morgan fingerprint density at radius 2 is 0.759 bits per heavy atom. The van der Waals surface area contributed by atoms with E-state index in [1.807, 2.05) is 6.08 Å². The molecule has 1 unspecified atom stereocenters. The van der Waals surface area contributed by atoms with Crippen molar-refractivity contribution in [2.24, 2.45) is 0 Å². The third-order valence-electron chi connectivity index (χ3n) is 9.58. The second kappa shape index (κ2) is 43.1. The highest BCUT2D eigenvalue weighted by molar-refractivity contribution is 5.71. The predicted molar refractivity (Wildman–Crippen MR) is 229 cm³/mol. The summed E-state index contributed by atoms with van der Waals surface area (Å²) in [5.41, 5.74) is 0. The van der Waals surface area contributed by atoms with Crippen LogP contribution in [-0.4, -0.2) is 37.2 Å². The van der Waals surface area contributed by atoms with Crippen LogP contribution >= 0.6 is 0 Å². The van der Waals surface area contributed by atoms with Crippen LogP contribution in [0.3, 0.4) is 0 Å². The first-order chi connectivity index (χ1) is 26.5. The largest absolute Gasteiger partial charge is 0.462 e. The minimum Gasteiger partial charge on any atom is -0.462 e. The molecule has 312 valence electrons. The summed E-state index contributed by atoms with van der Waals surface area (Å²) in [4.78, 5) is 37.6. The average molecular weight is 757 g/mol. The summed E-state index contributed by atoms with van der Waals surface area (Å²) in [6, 6.07) is 0. The summed E-state index contributed by atoms with van der Waals surface area (Å²) in [6.07, 6.45) is 49.6. The fourth-order valence-corrected chi connectivity index (χ4v) is 6.18. The third-order valence-corrected chi connectivity index (χ3v) is 9.58. The molecular formula is C48H84O6. The van der Waals surface area contributed by atoms with E-state index in [-0.39, 0.29) is 37.5 Å². The first kappa shape index (κ1) is 51.4. The minimum absolute atomic E-state index is 0.0970. The zero-order valence-electron chi connectivity index (χ0n) is 35.5. The van der Waals surface area contributed by atoms with Gasteiger partial charge in [-0.25, -0.2) is 0 Å². The molecule has 54 heavy (non-hydrogen) atoms. The van der Waals surface area contributed by atoms with E-state index < -0.39 is 6.10 Å². The second-order valence-corrected chi connectivity index (χ2v) is 14.9. The summed E-state index contributed by atoms with van der Waals surface area (Å²) < 4.78 is 16.6. The van der Waals surface area contributed by atoms with Crippen LogP contribution in [0, 0.1) is 0 Å². The van der Waals surface area contributed by atoms with Crippen LogP contribution in [0.15, 0.2) is 48.6 Å². The molecule has 0 amide bonds. The van der Waals surface area contributed by atoms with E-state index in [1.54, 1.807) is 0 Å². The van der Waals surface area contributed by atoms with Gasteiger partial charge in [0.15, 0.2) is 6.10 Å². The van der Waals surface area contributed by atoms with Gasteiger partial charge in [-0.1, -0.05) is 185 Å². The molecule has 0 saturated carbocycles. The molecule has 0 aromatic rings. The summed E-state index contributed by atoms with van der Waals surface area (Å²) in [5, 5.41) is 0. The Labute approximate surface area is 333 Å². The highest BCUT2D eigenvalue weighted by atomic mass is 16.6. The van der Waals surface area contributed by atoms with Gasteiger partial charge in [0.25, 0.3) is 0 Å². The molecule has 0 aromatic heterocycles. The Bertz CT molecular complexity index is 964. The molecule has 6 nitrogen and oxygen atoms in total. The number of carbonyl (C=O) groups excluding carboxylic acids is 3. The molecule has 6 heteroatoms. The van der Waals surface area contributed by atoms with E-state index in [4.69, 9.17) is 14.2 Å². The number of esters is 3.